The molecule has 1 N–H and O–H groups in total. The van der Waals surface area contributed by atoms with E-state index in [-0.39, 0.29) is 17.9 Å². The number of carbonyl (C=O) groups is 2. The summed E-state index contributed by atoms with van der Waals surface area (Å²) in [6.07, 6.45) is 4.35. The van der Waals surface area contributed by atoms with Crippen LogP contribution in [0.4, 0.5) is 5.82 Å². The van der Waals surface area contributed by atoms with E-state index in [1.165, 1.54) is 0 Å². The van der Waals surface area contributed by atoms with Crippen molar-refractivity contribution in [3.05, 3.63) is 24.4 Å². The number of pyridine rings is 1. The van der Waals surface area contributed by atoms with Crippen LogP contribution in [0.3, 0.4) is 0 Å². The molecule has 0 bridgehead atoms. The Morgan fingerprint density at radius 2 is 2.16 bits per heavy atom. The first kappa shape index (κ1) is 11.8. The van der Waals surface area contributed by atoms with E-state index in [1.54, 1.807) is 11.1 Å². The average molecular weight is 258 g/mol. The fraction of sp³-hybridized carbons (Fsp3) is 0.385. The zero-order chi connectivity index (χ0) is 13.2. The Kier molecular flexibility index (Phi) is 2.98. The monoisotopic (exact) mass is 258 g/mol. The molecule has 6 nitrogen and oxygen atoms in total. The number of hydrazone groups is 1. The van der Waals surface area contributed by atoms with E-state index in [9.17, 15) is 9.59 Å². The van der Waals surface area contributed by atoms with Gasteiger partial charge in [-0.25, -0.2) is 10.4 Å². The highest BCUT2D eigenvalue weighted by Crippen LogP contribution is 2.31. The summed E-state index contributed by atoms with van der Waals surface area (Å²) >= 11 is 0. The van der Waals surface area contributed by atoms with Crippen LogP contribution in [0, 0.1) is 0 Å². The number of rotatable bonds is 3. The highest BCUT2D eigenvalue weighted by atomic mass is 16.2. The van der Waals surface area contributed by atoms with Crippen molar-refractivity contribution >= 4 is 23.3 Å². The Hall–Kier alpha value is -2.24. The van der Waals surface area contributed by atoms with Gasteiger partial charge in [0.05, 0.1) is 0 Å². The molecule has 0 spiro atoms. The van der Waals surface area contributed by atoms with Gasteiger partial charge in [0.25, 0.3) is 5.91 Å². The third-order valence-electron chi connectivity index (χ3n) is 3.18. The highest BCUT2D eigenvalue weighted by Gasteiger charge is 2.36. The summed E-state index contributed by atoms with van der Waals surface area (Å²) in [6.45, 7) is 0. The lowest BCUT2D eigenvalue weighted by Gasteiger charge is -2.23. The SMILES string of the molecule is O=C1CCC(C(=O)N(c2ccccn2)C2CC2)=NN1. The van der Waals surface area contributed by atoms with Crippen LogP contribution in [0.25, 0.3) is 0 Å². The minimum atomic E-state index is -0.152. The first-order valence-corrected chi connectivity index (χ1v) is 6.35. The lowest BCUT2D eigenvalue weighted by atomic mass is 10.1. The van der Waals surface area contributed by atoms with E-state index in [1.807, 2.05) is 18.2 Å². The molecule has 1 aliphatic heterocycles. The molecule has 6 heteroatoms. The molecule has 0 saturated heterocycles. The van der Waals surface area contributed by atoms with E-state index in [4.69, 9.17) is 0 Å². The molecule has 0 aromatic carbocycles. The van der Waals surface area contributed by atoms with Crippen molar-refractivity contribution in [3.8, 4) is 0 Å². The predicted octanol–water partition coefficient (Wildman–Crippen LogP) is 0.843. The molecule has 2 heterocycles. The van der Waals surface area contributed by atoms with Crippen LogP contribution in [-0.4, -0.2) is 28.6 Å². The zero-order valence-electron chi connectivity index (χ0n) is 10.4. The number of anilines is 1. The second kappa shape index (κ2) is 4.79. The zero-order valence-corrected chi connectivity index (χ0v) is 10.4. The standard InChI is InChI=1S/C13H14N4O2/c18-12-7-6-10(15-16-12)13(19)17(9-4-5-9)11-3-1-2-8-14-11/h1-3,8-9H,4-7H2,(H,16,18). The molecule has 3 rings (SSSR count). The molecule has 1 aromatic heterocycles. The Morgan fingerprint density at radius 3 is 2.74 bits per heavy atom. The van der Waals surface area contributed by atoms with E-state index in [2.05, 4.69) is 15.5 Å². The van der Waals surface area contributed by atoms with Gasteiger partial charge in [-0.15, -0.1) is 0 Å². The van der Waals surface area contributed by atoms with Crippen LogP contribution < -0.4 is 10.3 Å². The van der Waals surface area contributed by atoms with Crippen LogP contribution in [0.5, 0.6) is 0 Å². The van der Waals surface area contributed by atoms with Crippen LogP contribution in [0.2, 0.25) is 0 Å². The molecule has 2 amide bonds. The van der Waals surface area contributed by atoms with Gasteiger partial charge >= 0.3 is 0 Å². The van der Waals surface area contributed by atoms with Crippen molar-refractivity contribution in [1.82, 2.24) is 10.4 Å². The molecule has 1 fully saturated rings. The van der Waals surface area contributed by atoms with Crippen molar-refractivity contribution in [1.29, 1.82) is 0 Å². The van der Waals surface area contributed by atoms with Gasteiger partial charge < -0.3 is 0 Å². The molecule has 0 unspecified atom stereocenters. The number of carbonyl (C=O) groups excluding carboxylic acids is 2. The lowest BCUT2D eigenvalue weighted by Crippen LogP contribution is -2.42. The van der Waals surface area contributed by atoms with Crippen LogP contribution in [-0.2, 0) is 9.59 Å². The van der Waals surface area contributed by atoms with E-state index in [0.29, 0.717) is 24.4 Å². The fourth-order valence-electron chi connectivity index (χ4n) is 2.05. The van der Waals surface area contributed by atoms with Gasteiger partial charge in [0, 0.05) is 25.1 Å². The third-order valence-corrected chi connectivity index (χ3v) is 3.18. The van der Waals surface area contributed by atoms with Gasteiger partial charge in [-0.2, -0.15) is 5.10 Å². The molecule has 0 radical (unpaired) electrons. The minimum absolute atomic E-state index is 0.146. The van der Waals surface area contributed by atoms with E-state index >= 15 is 0 Å². The Morgan fingerprint density at radius 1 is 1.32 bits per heavy atom. The average Bonchev–Trinajstić information content (AvgIpc) is 3.25. The summed E-state index contributed by atoms with van der Waals surface area (Å²) in [5.74, 6) is 0.350. The quantitative estimate of drug-likeness (QED) is 0.873. The van der Waals surface area contributed by atoms with Crippen molar-refractivity contribution in [2.24, 2.45) is 5.10 Å². The second-order valence-corrected chi connectivity index (χ2v) is 4.69. The van der Waals surface area contributed by atoms with Gasteiger partial charge in [0.15, 0.2) is 0 Å². The number of amides is 2. The third kappa shape index (κ3) is 2.47. The smallest absolute Gasteiger partial charge is 0.275 e. The number of aromatic nitrogens is 1. The molecule has 1 aromatic rings. The number of hydrogen-bond donors (Lipinski definition) is 1. The van der Waals surface area contributed by atoms with Crippen LogP contribution in [0.15, 0.2) is 29.5 Å². The molecular weight excluding hydrogens is 244 g/mol. The van der Waals surface area contributed by atoms with Crippen molar-refractivity contribution in [3.63, 3.8) is 0 Å². The molecule has 2 aliphatic rings. The number of nitrogens with one attached hydrogen (secondary N) is 1. The summed E-state index contributed by atoms with van der Waals surface area (Å²) in [7, 11) is 0. The van der Waals surface area contributed by atoms with E-state index in [0.717, 1.165) is 12.8 Å². The summed E-state index contributed by atoms with van der Waals surface area (Å²) in [6, 6.07) is 5.70. The van der Waals surface area contributed by atoms with Gasteiger partial charge in [0.1, 0.15) is 11.5 Å². The topological polar surface area (TPSA) is 74.7 Å². The Bertz CT molecular complexity index is 537. The Labute approximate surface area is 110 Å². The summed E-state index contributed by atoms with van der Waals surface area (Å²) in [5, 5.41) is 3.87. The molecule has 0 atom stereocenters. The summed E-state index contributed by atoms with van der Waals surface area (Å²) in [4.78, 5) is 29.5. The maximum atomic E-state index is 12.5. The van der Waals surface area contributed by atoms with Gasteiger partial charge in [-0.3, -0.25) is 14.5 Å². The summed E-state index contributed by atoms with van der Waals surface area (Å²) < 4.78 is 0. The first-order chi connectivity index (χ1) is 9.25. The largest absolute Gasteiger partial charge is 0.288 e. The van der Waals surface area contributed by atoms with Crippen LogP contribution in [0.1, 0.15) is 25.7 Å². The normalized spacial score (nSPS) is 18.5. The number of hydrogen-bond acceptors (Lipinski definition) is 4. The predicted molar refractivity (Wildman–Crippen MR) is 69.6 cm³/mol. The minimum Gasteiger partial charge on any atom is -0.288 e. The molecule has 1 saturated carbocycles. The highest BCUT2D eigenvalue weighted by molar-refractivity contribution is 6.44. The van der Waals surface area contributed by atoms with Crippen molar-refractivity contribution in [2.75, 3.05) is 4.90 Å². The van der Waals surface area contributed by atoms with Gasteiger partial charge in [-0.1, -0.05) is 6.07 Å². The first-order valence-electron chi connectivity index (χ1n) is 6.35. The maximum Gasteiger partial charge on any atom is 0.275 e. The Balaban J connectivity index is 1.85. The van der Waals surface area contributed by atoms with Crippen molar-refractivity contribution in [2.45, 2.75) is 31.7 Å². The van der Waals surface area contributed by atoms with Crippen molar-refractivity contribution < 1.29 is 9.59 Å². The molecular formula is C13H14N4O2. The fourth-order valence-corrected chi connectivity index (χ4v) is 2.05. The number of nitrogens with zero attached hydrogens (tertiary/aromatic N) is 3. The lowest BCUT2D eigenvalue weighted by molar-refractivity contribution is -0.121. The molecule has 98 valence electrons. The van der Waals surface area contributed by atoms with E-state index < -0.39 is 0 Å². The molecule has 1 aliphatic carbocycles. The second-order valence-electron chi connectivity index (χ2n) is 4.69. The molecule has 19 heavy (non-hydrogen) atoms. The summed E-state index contributed by atoms with van der Waals surface area (Å²) in [5.41, 5.74) is 2.76. The van der Waals surface area contributed by atoms with Gasteiger partial charge in [0.2, 0.25) is 5.91 Å². The van der Waals surface area contributed by atoms with Crippen LogP contribution >= 0.6 is 0 Å². The van der Waals surface area contributed by atoms with Gasteiger partial charge in [-0.05, 0) is 25.0 Å². The maximum absolute atomic E-state index is 12.5.